The smallest absolute Gasteiger partial charge is 0.254 e. The van der Waals surface area contributed by atoms with Crippen LogP contribution in [0, 0.1) is 6.92 Å². The number of benzene rings is 1. The Morgan fingerprint density at radius 3 is 2.86 bits per heavy atom. The van der Waals surface area contributed by atoms with Crippen molar-refractivity contribution in [1.29, 1.82) is 0 Å². The van der Waals surface area contributed by atoms with E-state index in [1.807, 2.05) is 32.0 Å². The number of aromatic nitrogens is 2. The molecule has 0 saturated carbocycles. The molecular weight excluding hydrogens is 288 g/mol. The number of carbonyl (C=O) groups excluding carboxylic acids is 1. The van der Waals surface area contributed by atoms with Gasteiger partial charge in [-0.05, 0) is 32.4 Å². The fourth-order valence-corrected chi connectivity index (χ4v) is 2.22. The van der Waals surface area contributed by atoms with Gasteiger partial charge in [-0.2, -0.15) is 5.10 Å². The molecule has 0 aliphatic heterocycles. The summed E-state index contributed by atoms with van der Waals surface area (Å²) in [6.07, 6.45) is 2.29. The van der Waals surface area contributed by atoms with Crippen molar-refractivity contribution in [3.05, 3.63) is 46.7 Å². The zero-order valence-electron chi connectivity index (χ0n) is 12.1. The average molecular weight is 307 g/mol. The van der Waals surface area contributed by atoms with Crippen LogP contribution in [0.4, 0.5) is 0 Å². The Hall–Kier alpha value is -1.85. The van der Waals surface area contributed by atoms with Crippen LogP contribution in [0.5, 0.6) is 0 Å². The maximum Gasteiger partial charge on any atom is 0.254 e. The molecule has 0 bridgehead atoms. The highest BCUT2D eigenvalue weighted by molar-refractivity contribution is 6.32. The number of carbonyl (C=O) groups is 1. The van der Waals surface area contributed by atoms with E-state index in [1.165, 1.54) is 0 Å². The molecule has 0 radical (unpaired) electrons. The number of halogens is 1. The van der Waals surface area contributed by atoms with Crippen LogP contribution in [0.25, 0.3) is 5.69 Å². The van der Waals surface area contributed by atoms with Crippen LogP contribution in [0.1, 0.15) is 29.4 Å². The highest BCUT2D eigenvalue weighted by Gasteiger charge is 2.15. The van der Waals surface area contributed by atoms with E-state index < -0.39 is 0 Å². The summed E-state index contributed by atoms with van der Waals surface area (Å²) in [5.74, 6) is -0.147. The largest absolute Gasteiger partial charge is 0.352 e. The molecule has 2 rings (SSSR count). The normalized spacial score (nSPS) is 12.2. The second kappa shape index (κ2) is 6.74. The fraction of sp³-hybridized carbons (Fsp3) is 0.333. The summed E-state index contributed by atoms with van der Waals surface area (Å²) in [7, 11) is 0. The first kappa shape index (κ1) is 15.5. The third kappa shape index (κ3) is 3.62. The minimum Gasteiger partial charge on any atom is -0.352 e. The molecule has 21 heavy (non-hydrogen) atoms. The van der Waals surface area contributed by atoms with E-state index in [2.05, 4.69) is 10.4 Å². The van der Waals surface area contributed by atoms with E-state index >= 15 is 0 Å². The van der Waals surface area contributed by atoms with Gasteiger partial charge in [-0.1, -0.05) is 23.7 Å². The number of para-hydroxylation sites is 1. The molecule has 6 heteroatoms. The standard InChI is InChI=1S/C15H19ClN4O/c1-10(17)7-8-18-15(21)12-9-19-20(11(12)2)14-6-4-3-5-13(14)16/h3-6,9-10H,7-8,17H2,1-2H3,(H,18,21). The van der Waals surface area contributed by atoms with Crippen LogP contribution in [0.3, 0.4) is 0 Å². The summed E-state index contributed by atoms with van der Waals surface area (Å²) in [5, 5.41) is 7.69. The van der Waals surface area contributed by atoms with Gasteiger partial charge in [-0.15, -0.1) is 0 Å². The predicted octanol–water partition coefficient (Wildman–Crippen LogP) is 2.30. The Morgan fingerprint density at radius 2 is 2.19 bits per heavy atom. The number of nitrogens with zero attached hydrogens (tertiary/aromatic N) is 2. The molecule has 1 atom stereocenters. The van der Waals surface area contributed by atoms with Gasteiger partial charge in [0, 0.05) is 12.6 Å². The number of amides is 1. The van der Waals surface area contributed by atoms with Gasteiger partial charge in [0.1, 0.15) is 0 Å². The van der Waals surface area contributed by atoms with Gasteiger partial charge in [0.2, 0.25) is 0 Å². The van der Waals surface area contributed by atoms with Crippen LogP contribution in [-0.2, 0) is 0 Å². The third-order valence-corrected chi connectivity index (χ3v) is 3.54. The SMILES string of the molecule is Cc1c(C(=O)NCCC(C)N)cnn1-c1ccccc1Cl. The highest BCUT2D eigenvalue weighted by Crippen LogP contribution is 2.21. The van der Waals surface area contributed by atoms with Crippen molar-refractivity contribution in [3.63, 3.8) is 0 Å². The van der Waals surface area contributed by atoms with Crippen LogP contribution in [-0.4, -0.2) is 28.3 Å². The Kier molecular flexibility index (Phi) is 4.98. The van der Waals surface area contributed by atoms with Crippen LogP contribution in [0.2, 0.25) is 5.02 Å². The monoisotopic (exact) mass is 306 g/mol. The second-order valence-electron chi connectivity index (χ2n) is 5.03. The molecule has 1 unspecified atom stereocenters. The first-order valence-electron chi connectivity index (χ1n) is 6.84. The average Bonchev–Trinajstić information content (AvgIpc) is 2.80. The van der Waals surface area contributed by atoms with Crippen LogP contribution >= 0.6 is 11.6 Å². The van der Waals surface area contributed by atoms with E-state index in [9.17, 15) is 4.79 Å². The predicted molar refractivity (Wildman–Crippen MR) is 83.9 cm³/mol. The van der Waals surface area contributed by atoms with Crippen molar-refractivity contribution in [2.45, 2.75) is 26.3 Å². The van der Waals surface area contributed by atoms with Gasteiger partial charge < -0.3 is 11.1 Å². The lowest BCUT2D eigenvalue weighted by Crippen LogP contribution is -2.29. The van der Waals surface area contributed by atoms with Gasteiger partial charge in [0.15, 0.2) is 0 Å². The lowest BCUT2D eigenvalue weighted by Gasteiger charge is -2.08. The van der Waals surface area contributed by atoms with Crippen molar-refractivity contribution in [2.75, 3.05) is 6.54 Å². The van der Waals surface area contributed by atoms with E-state index in [0.717, 1.165) is 17.8 Å². The molecule has 1 aromatic carbocycles. The molecule has 5 nitrogen and oxygen atoms in total. The molecule has 2 aromatic rings. The molecule has 1 heterocycles. The first-order chi connectivity index (χ1) is 10.0. The van der Waals surface area contributed by atoms with Gasteiger partial charge in [-0.25, -0.2) is 4.68 Å². The zero-order valence-corrected chi connectivity index (χ0v) is 12.9. The first-order valence-corrected chi connectivity index (χ1v) is 7.21. The summed E-state index contributed by atoms with van der Waals surface area (Å²) in [4.78, 5) is 12.1. The molecule has 1 amide bonds. The molecule has 0 aliphatic rings. The molecule has 0 spiro atoms. The Morgan fingerprint density at radius 1 is 1.48 bits per heavy atom. The third-order valence-electron chi connectivity index (χ3n) is 3.22. The van der Waals surface area contributed by atoms with E-state index in [0.29, 0.717) is 17.1 Å². The van der Waals surface area contributed by atoms with E-state index in [4.69, 9.17) is 17.3 Å². The number of rotatable bonds is 5. The minimum atomic E-state index is -0.147. The molecule has 1 aromatic heterocycles. The topological polar surface area (TPSA) is 72.9 Å². The van der Waals surface area contributed by atoms with Gasteiger partial charge in [0.25, 0.3) is 5.91 Å². The lowest BCUT2D eigenvalue weighted by molar-refractivity contribution is 0.0952. The Balaban J connectivity index is 2.17. The number of nitrogens with two attached hydrogens (primary N) is 1. The molecule has 3 N–H and O–H groups in total. The molecule has 0 fully saturated rings. The molecule has 112 valence electrons. The van der Waals surface area contributed by atoms with Gasteiger partial charge in [0.05, 0.1) is 28.2 Å². The maximum absolute atomic E-state index is 12.1. The Labute approximate surface area is 129 Å². The van der Waals surface area contributed by atoms with Crippen molar-refractivity contribution < 1.29 is 4.79 Å². The van der Waals surface area contributed by atoms with E-state index in [-0.39, 0.29) is 11.9 Å². The summed E-state index contributed by atoms with van der Waals surface area (Å²) in [6.45, 7) is 4.30. The second-order valence-corrected chi connectivity index (χ2v) is 5.44. The van der Waals surface area contributed by atoms with Crippen LogP contribution in [0.15, 0.2) is 30.5 Å². The van der Waals surface area contributed by atoms with E-state index in [1.54, 1.807) is 16.9 Å². The summed E-state index contributed by atoms with van der Waals surface area (Å²) >= 11 is 6.16. The lowest BCUT2D eigenvalue weighted by atomic mass is 10.2. The van der Waals surface area contributed by atoms with Gasteiger partial charge in [-0.3, -0.25) is 4.79 Å². The van der Waals surface area contributed by atoms with Crippen molar-refractivity contribution in [1.82, 2.24) is 15.1 Å². The summed E-state index contributed by atoms with van der Waals surface area (Å²) in [5.41, 5.74) is 7.71. The van der Waals surface area contributed by atoms with Crippen molar-refractivity contribution >= 4 is 17.5 Å². The maximum atomic E-state index is 12.1. The number of nitrogens with one attached hydrogen (secondary N) is 1. The molecule has 0 aliphatic carbocycles. The molecular formula is C15H19ClN4O. The Bertz CT molecular complexity index is 636. The quantitative estimate of drug-likeness (QED) is 0.890. The molecule has 0 saturated heterocycles. The summed E-state index contributed by atoms with van der Waals surface area (Å²) < 4.78 is 1.67. The number of hydrogen-bond acceptors (Lipinski definition) is 3. The minimum absolute atomic E-state index is 0.0669. The van der Waals surface area contributed by atoms with Crippen LogP contribution < -0.4 is 11.1 Å². The van der Waals surface area contributed by atoms with Crippen molar-refractivity contribution in [2.24, 2.45) is 5.73 Å². The highest BCUT2D eigenvalue weighted by atomic mass is 35.5. The fourth-order valence-electron chi connectivity index (χ4n) is 2.01. The van der Waals surface area contributed by atoms with Crippen molar-refractivity contribution in [3.8, 4) is 5.69 Å². The van der Waals surface area contributed by atoms with Gasteiger partial charge >= 0.3 is 0 Å². The summed E-state index contributed by atoms with van der Waals surface area (Å²) in [6, 6.07) is 7.45. The zero-order chi connectivity index (χ0) is 15.4. The number of hydrogen-bond donors (Lipinski definition) is 2.